The lowest BCUT2D eigenvalue weighted by molar-refractivity contribution is 0.0661. The fraction of sp³-hybridized carbons (Fsp3) is 0.500. The molecule has 0 radical (unpaired) electrons. The first-order valence-corrected chi connectivity index (χ1v) is 8.85. The first-order chi connectivity index (χ1) is 12.5. The van der Waals surface area contributed by atoms with Gasteiger partial charge in [0.1, 0.15) is 0 Å². The molecule has 8 heteroatoms. The van der Waals surface area contributed by atoms with E-state index in [-0.39, 0.29) is 17.6 Å². The van der Waals surface area contributed by atoms with Gasteiger partial charge in [-0.15, -0.1) is 0 Å². The predicted octanol–water partition coefficient (Wildman–Crippen LogP) is 0.0133. The Bertz CT molecular complexity index is 792. The van der Waals surface area contributed by atoms with Gasteiger partial charge in [-0.2, -0.15) is 0 Å². The van der Waals surface area contributed by atoms with Gasteiger partial charge in [0, 0.05) is 45.5 Å². The number of amides is 2. The number of nitrogens with one attached hydrogen (secondary N) is 1. The van der Waals surface area contributed by atoms with Crippen LogP contribution < -0.4 is 5.32 Å². The highest BCUT2D eigenvalue weighted by Crippen LogP contribution is 2.16. The Morgan fingerprint density at radius 1 is 1.19 bits per heavy atom. The van der Waals surface area contributed by atoms with Crippen LogP contribution in [0, 0.1) is 0 Å². The molecule has 0 bridgehead atoms. The van der Waals surface area contributed by atoms with Crippen LogP contribution in [0.2, 0.25) is 0 Å². The molecule has 1 N–H and O–H groups in total. The number of aromatic nitrogens is 2. The summed E-state index contributed by atoms with van der Waals surface area (Å²) in [5.74, 6) is -0.142. The second kappa shape index (κ2) is 7.84. The summed E-state index contributed by atoms with van der Waals surface area (Å²) in [6.45, 7) is 4.29. The fourth-order valence-corrected chi connectivity index (χ4v) is 2.99. The van der Waals surface area contributed by atoms with Gasteiger partial charge in [-0.25, -0.2) is 4.98 Å². The first-order valence-electron chi connectivity index (χ1n) is 8.85. The van der Waals surface area contributed by atoms with Crippen LogP contribution in [-0.2, 0) is 0 Å². The van der Waals surface area contributed by atoms with E-state index in [9.17, 15) is 9.59 Å². The van der Waals surface area contributed by atoms with Gasteiger partial charge in [0.15, 0.2) is 5.69 Å². The second-order valence-corrected chi connectivity index (χ2v) is 6.89. The summed E-state index contributed by atoms with van der Waals surface area (Å²) in [5.41, 5.74) is 1.00. The van der Waals surface area contributed by atoms with Crippen LogP contribution in [0.4, 0.5) is 0 Å². The topological polar surface area (TPSA) is 73.2 Å². The minimum atomic E-state index is -0.273. The van der Waals surface area contributed by atoms with Crippen LogP contribution in [0.1, 0.15) is 21.1 Å². The van der Waals surface area contributed by atoms with Gasteiger partial charge in [0.2, 0.25) is 5.82 Å². The minimum absolute atomic E-state index is 0.117. The summed E-state index contributed by atoms with van der Waals surface area (Å²) in [6, 6.07) is 5.51. The van der Waals surface area contributed by atoms with E-state index < -0.39 is 0 Å². The molecule has 0 aromatic carbocycles. The molecule has 1 fully saturated rings. The Hall–Kier alpha value is -2.45. The van der Waals surface area contributed by atoms with E-state index in [1.165, 1.54) is 0 Å². The van der Waals surface area contributed by atoms with Gasteiger partial charge in [-0.05, 0) is 33.3 Å². The molecule has 0 aliphatic carbocycles. The van der Waals surface area contributed by atoms with Crippen molar-refractivity contribution in [2.75, 3.05) is 60.4 Å². The number of piperazine rings is 1. The van der Waals surface area contributed by atoms with Crippen LogP contribution in [0.5, 0.6) is 0 Å². The van der Waals surface area contributed by atoms with Crippen molar-refractivity contribution >= 4 is 17.3 Å². The molecule has 2 aromatic rings. The molecule has 0 spiro atoms. The van der Waals surface area contributed by atoms with Crippen molar-refractivity contribution in [3.8, 4) is 0 Å². The zero-order valence-electron chi connectivity index (χ0n) is 15.6. The van der Waals surface area contributed by atoms with E-state index >= 15 is 0 Å². The molecule has 140 valence electrons. The third kappa shape index (κ3) is 3.86. The Morgan fingerprint density at radius 2 is 1.92 bits per heavy atom. The lowest BCUT2D eigenvalue weighted by atomic mass is 10.2. The zero-order chi connectivity index (χ0) is 18.7. The minimum Gasteiger partial charge on any atom is -0.348 e. The number of carbonyl (C=O) groups excluding carboxylic acids is 2. The average Bonchev–Trinajstić information content (AvgIpc) is 3.01. The van der Waals surface area contributed by atoms with Crippen molar-refractivity contribution in [2.45, 2.75) is 0 Å². The number of likely N-dealkylation sites (N-methyl/N-ethyl adjacent to an activating group) is 2. The highest BCUT2D eigenvalue weighted by Gasteiger charge is 2.26. The predicted molar refractivity (Wildman–Crippen MR) is 99.5 cm³/mol. The molecule has 8 nitrogen and oxygen atoms in total. The molecular formula is C18H26N6O2. The van der Waals surface area contributed by atoms with E-state index in [0.717, 1.165) is 19.6 Å². The van der Waals surface area contributed by atoms with Crippen molar-refractivity contribution in [1.82, 2.24) is 29.4 Å². The molecule has 1 saturated heterocycles. The fourth-order valence-electron chi connectivity index (χ4n) is 2.99. The number of imidazole rings is 1. The van der Waals surface area contributed by atoms with Crippen molar-refractivity contribution < 1.29 is 9.59 Å². The number of rotatable bonds is 5. The molecule has 2 amide bonds. The molecule has 3 rings (SSSR count). The summed E-state index contributed by atoms with van der Waals surface area (Å²) < 4.78 is 1.69. The molecule has 26 heavy (non-hydrogen) atoms. The van der Waals surface area contributed by atoms with E-state index in [4.69, 9.17) is 0 Å². The Kier molecular flexibility index (Phi) is 5.53. The SMILES string of the molecule is CN(C)CCNC(=O)c1nc(C(=O)N2CCN(C)CC2)c2ccccn12. The number of pyridine rings is 1. The first kappa shape index (κ1) is 18.3. The Labute approximate surface area is 153 Å². The summed E-state index contributed by atoms with van der Waals surface area (Å²) in [7, 11) is 5.94. The van der Waals surface area contributed by atoms with Crippen LogP contribution in [0.3, 0.4) is 0 Å². The van der Waals surface area contributed by atoms with Crippen molar-refractivity contribution in [2.24, 2.45) is 0 Å². The van der Waals surface area contributed by atoms with Crippen LogP contribution in [0.15, 0.2) is 24.4 Å². The highest BCUT2D eigenvalue weighted by atomic mass is 16.2. The second-order valence-electron chi connectivity index (χ2n) is 6.89. The lowest BCUT2D eigenvalue weighted by Gasteiger charge is -2.32. The van der Waals surface area contributed by atoms with Crippen molar-refractivity contribution in [3.63, 3.8) is 0 Å². The van der Waals surface area contributed by atoms with Gasteiger partial charge in [0.25, 0.3) is 11.8 Å². The van der Waals surface area contributed by atoms with Crippen molar-refractivity contribution in [3.05, 3.63) is 35.9 Å². The number of hydrogen-bond donors (Lipinski definition) is 1. The summed E-state index contributed by atoms with van der Waals surface area (Å²) in [5, 5.41) is 2.86. The van der Waals surface area contributed by atoms with E-state index in [0.29, 0.717) is 30.8 Å². The van der Waals surface area contributed by atoms with E-state index in [2.05, 4.69) is 15.2 Å². The summed E-state index contributed by atoms with van der Waals surface area (Å²) in [4.78, 5) is 35.9. The molecule has 1 aliphatic heterocycles. The standard InChI is InChI=1S/C18H26N6O2/c1-21(2)9-7-19-17(25)16-20-15(14-6-4-5-8-24(14)16)18(26)23-12-10-22(3)11-13-23/h4-6,8H,7,9-13H2,1-3H3,(H,19,25). The van der Waals surface area contributed by atoms with Gasteiger partial charge >= 0.3 is 0 Å². The molecule has 0 atom stereocenters. The lowest BCUT2D eigenvalue weighted by Crippen LogP contribution is -2.47. The van der Waals surface area contributed by atoms with Gasteiger partial charge in [-0.3, -0.25) is 14.0 Å². The summed E-state index contributed by atoms with van der Waals surface area (Å²) >= 11 is 0. The normalized spacial score (nSPS) is 15.6. The Balaban J connectivity index is 1.85. The third-order valence-electron chi connectivity index (χ3n) is 4.59. The maximum Gasteiger partial charge on any atom is 0.287 e. The van der Waals surface area contributed by atoms with Crippen LogP contribution in [0.25, 0.3) is 5.52 Å². The van der Waals surface area contributed by atoms with Crippen molar-refractivity contribution in [1.29, 1.82) is 0 Å². The molecule has 1 aliphatic rings. The molecular weight excluding hydrogens is 332 g/mol. The van der Waals surface area contributed by atoms with E-state index in [1.54, 1.807) is 10.6 Å². The number of hydrogen-bond acceptors (Lipinski definition) is 5. The summed E-state index contributed by atoms with van der Waals surface area (Å²) in [6.07, 6.45) is 1.77. The smallest absolute Gasteiger partial charge is 0.287 e. The van der Waals surface area contributed by atoms with Crippen LogP contribution in [-0.4, -0.2) is 96.3 Å². The zero-order valence-corrected chi connectivity index (χ0v) is 15.6. The average molecular weight is 358 g/mol. The largest absolute Gasteiger partial charge is 0.348 e. The maximum atomic E-state index is 13.0. The van der Waals surface area contributed by atoms with Gasteiger partial charge < -0.3 is 20.0 Å². The molecule has 0 saturated carbocycles. The molecule has 2 aromatic heterocycles. The quantitative estimate of drug-likeness (QED) is 0.815. The Morgan fingerprint density at radius 3 is 2.62 bits per heavy atom. The molecule has 3 heterocycles. The monoisotopic (exact) mass is 358 g/mol. The van der Waals surface area contributed by atoms with Gasteiger partial charge in [-0.1, -0.05) is 6.07 Å². The third-order valence-corrected chi connectivity index (χ3v) is 4.59. The molecule has 0 unspecified atom stereocenters. The number of carbonyl (C=O) groups is 2. The number of fused-ring (bicyclic) bond motifs is 1. The highest BCUT2D eigenvalue weighted by molar-refractivity contribution is 6.02. The maximum absolute atomic E-state index is 13.0. The van der Waals surface area contributed by atoms with Crippen LogP contribution >= 0.6 is 0 Å². The van der Waals surface area contributed by atoms with Gasteiger partial charge in [0.05, 0.1) is 5.52 Å². The van der Waals surface area contributed by atoms with E-state index in [1.807, 2.05) is 49.1 Å². The number of nitrogens with zero attached hydrogens (tertiary/aromatic N) is 5.